The number of hydrogen-bond donors (Lipinski definition) is 2. The second kappa shape index (κ2) is 7.92. The summed E-state index contributed by atoms with van der Waals surface area (Å²) >= 11 is 5.90. The van der Waals surface area contributed by atoms with E-state index in [2.05, 4.69) is 14.7 Å². The monoisotopic (exact) mass is 440 g/mol. The SMILES string of the molecule is CCNS(=O)(=O)c1cc(-c2ccc(Cl)cc2)n(NS(=O)(=O)c2ccccc2)n1. The van der Waals surface area contributed by atoms with Crippen molar-refractivity contribution < 1.29 is 16.8 Å². The summed E-state index contributed by atoms with van der Waals surface area (Å²) in [6.07, 6.45) is 0. The minimum Gasteiger partial charge on any atom is -0.210 e. The van der Waals surface area contributed by atoms with Gasteiger partial charge in [-0.15, -0.1) is 5.10 Å². The summed E-state index contributed by atoms with van der Waals surface area (Å²) < 4.78 is 52.3. The molecule has 0 spiro atoms. The van der Waals surface area contributed by atoms with E-state index in [1.54, 1.807) is 49.4 Å². The van der Waals surface area contributed by atoms with Gasteiger partial charge >= 0.3 is 0 Å². The average Bonchev–Trinajstić information content (AvgIpc) is 3.07. The summed E-state index contributed by atoms with van der Waals surface area (Å²) in [6, 6.07) is 15.5. The Balaban J connectivity index is 2.11. The number of benzene rings is 2. The van der Waals surface area contributed by atoms with Crippen LogP contribution in [0.25, 0.3) is 11.3 Å². The van der Waals surface area contributed by atoms with E-state index in [0.717, 1.165) is 4.79 Å². The van der Waals surface area contributed by atoms with Crippen LogP contribution in [0.15, 0.2) is 70.6 Å². The first kappa shape index (κ1) is 20.3. The van der Waals surface area contributed by atoms with Gasteiger partial charge in [0.15, 0.2) is 5.03 Å². The average molecular weight is 441 g/mol. The number of hydrogen-bond acceptors (Lipinski definition) is 5. The molecule has 2 aromatic carbocycles. The van der Waals surface area contributed by atoms with Gasteiger partial charge in [-0.05, 0) is 24.3 Å². The van der Waals surface area contributed by atoms with Crippen molar-refractivity contribution in [2.45, 2.75) is 16.8 Å². The molecule has 148 valence electrons. The van der Waals surface area contributed by atoms with E-state index in [9.17, 15) is 16.8 Å². The number of halogens is 1. The largest absolute Gasteiger partial charge is 0.276 e. The third kappa shape index (κ3) is 4.36. The van der Waals surface area contributed by atoms with Crippen LogP contribution in [-0.4, -0.2) is 33.3 Å². The molecule has 0 atom stereocenters. The lowest BCUT2D eigenvalue weighted by Crippen LogP contribution is -2.27. The van der Waals surface area contributed by atoms with Crippen molar-refractivity contribution in [2.75, 3.05) is 11.4 Å². The van der Waals surface area contributed by atoms with Crippen LogP contribution >= 0.6 is 11.6 Å². The fourth-order valence-electron chi connectivity index (χ4n) is 2.42. The molecular weight excluding hydrogens is 424 g/mol. The maximum atomic E-state index is 12.7. The van der Waals surface area contributed by atoms with Gasteiger partial charge in [-0.3, -0.25) is 0 Å². The molecule has 0 amide bonds. The van der Waals surface area contributed by atoms with Gasteiger partial charge in [0.1, 0.15) is 0 Å². The van der Waals surface area contributed by atoms with E-state index in [4.69, 9.17) is 11.6 Å². The molecule has 0 unspecified atom stereocenters. The fraction of sp³-hybridized carbons (Fsp3) is 0.118. The highest BCUT2D eigenvalue weighted by atomic mass is 35.5. The molecular formula is C17H17ClN4O4S2. The molecule has 11 heteroatoms. The molecule has 0 saturated carbocycles. The Hall–Kier alpha value is -2.40. The molecule has 3 rings (SSSR count). The van der Waals surface area contributed by atoms with Gasteiger partial charge in [0.25, 0.3) is 20.0 Å². The minimum absolute atomic E-state index is 0.0173. The minimum atomic E-state index is -3.99. The van der Waals surface area contributed by atoms with Crippen molar-refractivity contribution in [2.24, 2.45) is 0 Å². The number of sulfonamides is 2. The summed E-state index contributed by atoms with van der Waals surface area (Å²) in [5, 5.41) is 4.13. The van der Waals surface area contributed by atoms with Crippen LogP contribution < -0.4 is 9.55 Å². The highest BCUT2D eigenvalue weighted by Crippen LogP contribution is 2.24. The molecule has 1 aromatic heterocycles. The van der Waals surface area contributed by atoms with Gasteiger partial charge in [-0.25, -0.2) is 13.1 Å². The zero-order valence-corrected chi connectivity index (χ0v) is 17.1. The number of nitrogens with one attached hydrogen (secondary N) is 2. The summed E-state index contributed by atoms with van der Waals surface area (Å²) in [6.45, 7) is 1.80. The van der Waals surface area contributed by atoms with E-state index >= 15 is 0 Å². The van der Waals surface area contributed by atoms with Crippen LogP contribution in [0.4, 0.5) is 0 Å². The lowest BCUT2D eigenvalue weighted by Gasteiger charge is -2.11. The zero-order valence-electron chi connectivity index (χ0n) is 14.7. The van der Waals surface area contributed by atoms with Crippen LogP contribution in [0.5, 0.6) is 0 Å². The lowest BCUT2D eigenvalue weighted by atomic mass is 10.2. The van der Waals surface area contributed by atoms with Crippen molar-refractivity contribution >= 4 is 31.6 Å². The normalized spacial score (nSPS) is 12.1. The molecule has 0 fully saturated rings. The van der Waals surface area contributed by atoms with E-state index in [-0.39, 0.29) is 22.2 Å². The molecule has 0 aliphatic carbocycles. The Bertz CT molecular complexity index is 1180. The standard InChI is InChI=1S/C17H17ClN4O4S2/c1-2-19-28(25,26)17-12-16(13-8-10-14(18)11-9-13)22(20-17)21-27(23,24)15-6-4-3-5-7-15/h3-12,19,21H,2H2,1H3. The Morgan fingerprint density at radius 2 is 1.61 bits per heavy atom. The summed E-state index contributed by atoms with van der Waals surface area (Å²) in [5.74, 6) is 0. The third-order valence-electron chi connectivity index (χ3n) is 3.70. The van der Waals surface area contributed by atoms with Crippen LogP contribution in [0.3, 0.4) is 0 Å². The lowest BCUT2D eigenvalue weighted by molar-refractivity contribution is 0.573. The smallest absolute Gasteiger partial charge is 0.210 e. The first-order valence-corrected chi connectivity index (χ1v) is 11.5. The predicted octanol–water partition coefficient (Wildman–Crippen LogP) is 2.43. The highest BCUT2D eigenvalue weighted by molar-refractivity contribution is 7.92. The first-order valence-electron chi connectivity index (χ1n) is 8.16. The quantitative estimate of drug-likeness (QED) is 0.586. The molecule has 2 N–H and O–H groups in total. The molecule has 1 heterocycles. The van der Waals surface area contributed by atoms with Crippen LogP contribution in [0.2, 0.25) is 5.02 Å². The van der Waals surface area contributed by atoms with Crippen LogP contribution in [-0.2, 0) is 20.0 Å². The maximum absolute atomic E-state index is 12.7. The Kier molecular flexibility index (Phi) is 5.75. The molecule has 0 radical (unpaired) electrons. The molecule has 0 aliphatic rings. The van der Waals surface area contributed by atoms with Crippen molar-refractivity contribution in [3.8, 4) is 11.3 Å². The summed E-state index contributed by atoms with van der Waals surface area (Å²) in [7, 11) is -7.88. The third-order valence-corrected chi connectivity index (χ3v) is 6.67. The van der Waals surface area contributed by atoms with E-state index < -0.39 is 20.0 Å². The van der Waals surface area contributed by atoms with Gasteiger partial charge in [0.05, 0.1) is 10.6 Å². The van der Waals surface area contributed by atoms with Gasteiger partial charge in [0, 0.05) is 23.2 Å². The summed E-state index contributed by atoms with van der Waals surface area (Å²) in [4.78, 5) is 3.25. The topological polar surface area (TPSA) is 110 Å². The first-order chi connectivity index (χ1) is 13.2. The van der Waals surface area contributed by atoms with Crippen molar-refractivity contribution in [3.63, 3.8) is 0 Å². The number of aromatic nitrogens is 2. The highest BCUT2D eigenvalue weighted by Gasteiger charge is 2.23. The zero-order chi connectivity index (χ0) is 20.4. The van der Waals surface area contributed by atoms with Gasteiger partial charge < -0.3 is 0 Å². The van der Waals surface area contributed by atoms with Crippen LogP contribution in [0.1, 0.15) is 6.92 Å². The van der Waals surface area contributed by atoms with Gasteiger partial charge in [-0.1, -0.05) is 48.9 Å². The van der Waals surface area contributed by atoms with E-state index in [1.165, 1.54) is 18.2 Å². The van der Waals surface area contributed by atoms with Crippen LogP contribution in [0, 0.1) is 0 Å². The van der Waals surface area contributed by atoms with E-state index in [1.807, 2.05) is 0 Å². The fourth-order valence-corrected chi connectivity index (χ4v) is 4.51. The van der Waals surface area contributed by atoms with Crippen molar-refractivity contribution in [1.29, 1.82) is 0 Å². The van der Waals surface area contributed by atoms with E-state index in [0.29, 0.717) is 10.6 Å². The number of nitrogens with zero attached hydrogens (tertiary/aromatic N) is 2. The van der Waals surface area contributed by atoms with Gasteiger partial charge in [-0.2, -0.15) is 18.0 Å². The predicted molar refractivity (Wildman–Crippen MR) is 107 cm³/mol. The Labute approximate surface area is 168 Å². The Morgan fingerprint density at radius 3 is 2.21 bits per heavy atom. The second-order valence-corrected chi connectivity index (χ2v) is 9.51. The second-order valence-electron chi connectivity index (χ2n) is 5.70. The molecule has 3 aromatic rings. The van der Waals surface area contributed by atoms with Gasteiger partial charge in [0.2, 0.25) is 0 Å². The maximum Gasteiger partial charge on any atom is 0.276 e. The molecule has 0 aliphatic heterocycles. The number of rotatable bonds is 7. The Morgan fingerprint density at radius 1 is 0.964 bits per heavy atom. The van der Waals surface area contributed by atoms with Crippen molar-refractivity contribution in [1.82, 2.24) is 14.6 Å². The molecule has 0 saturated heterocycles. The summed E-state index contributed by atoms with van der Waals surface area (Å²) in [5.41, 5.74) is 0.776. The molecule has 8 nitrogen and oxygen atoms in total. The molecule has 0 bridgehead atoms. The molecule has 28 heavy (non-hydrogen) atoms. The van der Waals surface area contributed by atoms with Crippen molar-refractivity contribution in [3.05, 3.63) is 65.7 Å².